The van der Waals surface area contributed by atoms with Gasteiger partial charge in [-0.25, -0.2) is 9.59 Å². The summed E-state index contributed by atoms with van der Waals surface area (Å²) in [6.07, 6.45) is 6.07. The van der Waals surface area contributed by atoms with E-state index < -0.39 is 5.97 Å². The molecule has 0 aliphatic rings. The number of urea groups is 1. The SMILES string of the molecule is C#CCC(C)NC(=O)NCCc1ccccc1C(=O)O. The third-order valence-electron chi connectivity index (χ3n) is 2.73. The van der Waals surface area contributed by atoms with E-state index in [-0.39, 0.29) is 17.6 Å². The minimum Gasteiger partial charge on any atom is -0.478 e. The van der Waals surface area contributed by atoms with Gasteiger partial charge in [-0.05, 0) is 25.0 Å². The molecule has 0 radical (unpaired) electrons. The van der Waals surface area contributed by atoms with Crippen LogP contribution in [-0.2, 0) is 6.42 Å². The number of nitrogens with one attached hydrogen (secondary N) is 2. The molecule has 0 bridgehead atoms. The minimum absolute atomic E-state index is 0.0914. The average Bonchev–Trinajstić information content (AvgIpc) is 2.39. The largest absolute Gasteiger partial charge is 0.478 e. The number of aromatic carboxylic acids is 1. The van der Waals surface area contributed by atoms with Crippen LogP contribution in [0.3, 0.4) is 0 Å². The Morgan fingerprint density at radius 1 is 1.40 bits per heavy atom. The predicted molar refractivity (Wildman–Crippen MR) is 76.6 cm³/mol. The number of carbonyl (C=O) groups is 2. The second kappa shape index (κ2) is 7.85. The molecule has 0 saturated heterocycles. The van der Waals surface area contributed by atoms with Crippen LogP contribution in [0.4, 0.5) is 4.79 Å². The van der Waals surface area contributed by atoms with Crippen molar-refractivity contribution in [1.29, 1.82) is 0 Å². The molecule has 0 spiro atoms. The Balaban J connectivity index is 2.43. The highest BCUT2D eigenvalue weighted by Crippen LogP contribution is 2.08. The van der Waals surface area contributed by atoms with Gasteiger partial charge in [0, 0.05) is 19.0 Å². The lowest BCUT2D eigenvalue weighted by molar-refractivity contribution is 0.0695. The molecule has 20 heavy (non-hydrogen) atoms. The molecular weight excluding hydrogens is 256 g/mol. The van der Waals surface area contributed by atoms with E-state index >= 15 is 0 Å². The molecule has 1 rings (SSSR count). The Morgan fingerprint density at radius 2 is 2.10 bits per heavy atom. The van der Waals surface area contributed by atoms with Crippen molar-refractivity contribution in [2.24, 2.45) is 0 Å². The van der Waals surface area contributed by atoms with Crippen LogP contribution in [0.25, 0.3) is 0 Å². The van der Waals surface area contributed by atoms with Gasteiger partial charge < -0.3 is 15.7 Å². The number of carbonyl (C=O) groups excluding carboxylic acids is 1. The number of carboxylic acids is 1. The normalized spacial score (nSPS) is 11.2. The van der Waals surface area contributed by atoms with E-state index in [1.54, 1.807) is 24.3 Å². The molecule has 1 aromatic carbocycles. The van der Waals surface area contributed by atoms with Crippen molar-refractivity contribution in [3.8, 4) is 12.3 Å². The van der Waals surface area contributed by atoms with Crippen molar-refractivity contribution < 1.29 is 14.7 Å². The van der Waals surface area contributed by atoms with Crippen LogP contribution in [-0.4, -0.2) is 29.7 Å². The van der Waals surface area contributed by atoms with Gasteiger partial charge >= 0.3 is 12.0 Å². The molecule has 3 N–H and O–H groups in total. The summed E-state index contributed by atoms with van der Waals surface area (Å²) >= 11 is 0. The number of amides is 2. The zero-order chi connectivity index (χ0) is 15.0. The van der Waals surface area contributed by atoms with Gasteiger partial charge in [0.2, 0.25) is 0 Å². The zero-order valence-corrected chi connectivity index (χ0v) is 11.3. The van der Waals surface area contributed by atoms with Crippen molar-refractivity contribution in [3.63, 3.8) is 0 Å². The number of benzene rings is 1. The van der Waals surface area contributed by atoms with E-state index in [2.05, 4.69) is 16.6 Å². The smallest absolute Gasteiger partial charge is 0.335 e. The first-order chi connectivity index (χ1) is 9.54. The fraction of sp³-hybridized carbons (Fsp3) is 0.333. The maximum Gasteiger partial charge on any atom is 0.335 e. The van der Waals surface area contributed by atoms with E-state index in [1.807, 2.05) is 6.92 Å². The van der Waals surface area contributed by atoms with Crippen LogP contribution in [0.1, 0.15) is 29.3 Å². The van der Waals surface area contributed by atoms with Gasteiger partial charge in [0.1, 0.15) is 0 Å². The third kappa shape index (κ3) is 5.02. The molecule has 0 fully saturated rings. The molecule has 1 atom stereocenters. The molecule has 1 unspecified atom stereocenters. The van der Waals surface area contributed by atoms with Crippen LogP contribution < -0.4 is 10.6 Å². The summed E-state index contributed by atoms with van der Waals surface area (Å²) in [5.74, 6) is 1.50. The molecule has 0 aliphatic heterocycles. The Hall–Kier alpha value is -2.48. The van der Waals surface area contributed by atoms with Gasteiger partial charge in [0.15, 0.2) is 0 Å². The number of carboxylic acid groups (broad SMARTS) is 1. The highest BCUT2D eigenvalue weighted by Gasteiger charge is 2.09. The Morgan fingerprint density at radius 3 is 2.75 bits per heavy atom. The monoisotopic (exact) mass is 274 g/mol. The van der Waals surface area contributed by atoms with Crippen molar-refractivity contribution in [1.82, 2.24) is 10.6 Å². The quantitative estimate of drug-likeness (QED) is 0.690. The standard InChI is InChI=1S/C15H18N2O3/c1-3-6-11(2)17-15(20)16-10-9-12-7-4-5-8-13(12)14(18)19/h1,4-5,7-8,11H,6,9-10H2,2H3,(H,18,19)(H2,16,17,20). The second-order valence-corrected chi connectivity index (χ2v) is 4.42. The highest BCUT2D eigenvalue weighted by atomic mass is 16.4. The third-order valence-corrected chi connectivity index (χ3v) is 2.73. The van der Waals surface area contributed by atoms with Gasteiger partial charge in [-0.1, -0.05) is 18.2 Å². The van der Waals surface area contributed by atoms with E-state index in [9.17, 15) is 9.59 Å². The van der Waals surface area contributed by atoms with Crippen LogP contribution in [0.5, 0.6) is 0 Å². The molecule has 0 aliphatic carbocycles. The van der Waals surface area contributed by atoms with Crippen LogP contribution >= 0.6 is 0 Å². The molecule has 0 aromatic heterocycles. The molecule has 5 nitrogen and oxygen atoms in total. The van der Waals surface area contributed by atoms with Crippen LogP contribution in [0, 0.1) is 12.3 Å². The summed E-state index contributed by atoms with van der Waals surface area (Å²) in [4.78, 5) is 22.5. The summed E-state index contributed by atoms with van der Waals surface area (Å²) in [6.45, 7) is 2.18. The van der Waals surface area contributed by atoms with E-state index in [4.69, 9.17) is 11.5 Å². The van der Waals surface area contributed by atoms with Gasteiger partial charge in [-0.2, -0.15) is 0 Å². The van der Waals surface area contributed by atoms with Crippen molar-refractivity contribution in [2.75, 3.05) is 6.54 Å². The van der Waals surface area contributed by atoms with E-state index in [0.717, 1.165) is 0 Å². The number of rotatable bonds is 6. The fourth-order valence-corrected chi connectivity index (χ4v) is 1.76. The minimum atomic E-state index is -0.965. The molecule has 2 amide bonds. The first-order valence-corrected chi connectivity index (χ1v) is 6.33. The van der Waals surface area contributed by atoms with Crippen LogP contribution in [0.2, 0.25) is 0 Å². The lowest BCUT2D eigenvalue weighted by atomic mass is 10.0. The van der Waals surface area contributed by atoms with Gasteiger partial charge in [0.25, 0.3) is 0 Å². The van der Waals surface area contributed by atoms with Gasteiger partial charge in [0.05, 0.1) is 5.56 Å². The summed E-state index contributed by atoms with van der Waals surface area (Å²) in [5.41, 5.74) is 0.951. The maximum absolute atomic E-state index is 11.5. The van der Waals surface area contributed by atoms with Gasteiger partial charge in [-0.3, -0.25) is 0 Å². The van der Waals surface area contributed by atoms with Crippen molar-refractivity contribution in [2.45, 2.75) is 25.8 Å². The number of hydrogen-bond donors (Lipinski definition) is 3. The van der Waals surface area contributed by atoms with Gasteiger partial charge in [-0.15, -0.1) is 12.3 Å². The summed E-state index contributed by atoms with van der Waals surface area (Å²) in [7, 11) is 0. The number of hydrogen-bond acceptors (Lipinski definition) is 2. The predicted octanol–water partition coefficient (Wildman–Crippen LogP) is 1.64. The fourth-order valence-electron chi connectivity index (χ4n) is 1.76. The van der Waals surface area contributed by atoms with Crippen LogP contribution in [0.15, 0.2) is 24.3 Å². The molecule has 0 saturated carbocycles. The second-order valence-electron chi connectivity index (χ2n) is 4.42. The highest BCUT2D eigenvalue weighted by molar-refractivity contribution is 5.89. The maximum atomic E-state index is 11.5. The van der Waals surface area contributed by atoms with Crippen molar-refractivity contribution >= 4 is 12.0 Å². The number of terminal acetylenes is 1. The summed E-state index contributed by atoms with van der Waals surface area (Å²) in [6, 6.07) is 6.34. The molecule has 1 aromatic rings. The Kier molecular flexibility index (Phi) is 6.11. The molecule has 106 valence electrons. The topological polar surface area (TPSA) is 78.4 Å². The molecule has 0 heterocycles. The van der Waals surface area contributed by atoms with E-state index in [1.165, 1.54) is 0 Å². The molecule has 5 heteroatoms. The first kappa shape index (κ1) is 15.6. The average molecular weight is 274 g/mol. The Bertz CT molecular complexity index is 520. The van der Waals surface area contributed by atoms with E-state index in [0.29, 0.717) is 24.9 Å². The lowest BCUT2D eigenvalue weighted by Crippen LogP contribution is -2.41. The molecular formula is C15H18N2O3. The summed E-state index contributed by atoms with van der Waals surface area (Å²) < 4.78 is 0. The lowest BCUT2D eigenvalue weighted by Gasteiger charge is -2.12. The summed E-state index contributed by atoms with van der Waals surface area (Å²) in [5, 5.41) is 14.4. The first-order valence-electron chi connectivity index (χ1n) is 6.33. The van der Waals surface area contributed by atoms with Crippen molar-refractivity contribution in [3.05, 3.63) is 35.4 Å². The Labute approximate surface area is 118 Å². The zero-order valence-electron chi connectivity index (χ0n) is 11.3.